The molecule has 0 spiro atoms. The highest BCUT2D eigenvalue weighted by atomic mass is 16.5. The molecule has 0 aliphatic carbocycles. The fraction of sp³-hybridized carbons (Fsp3) is 0.450. The molecule has 2 aliphatic heterocycles. The van der Waals surface area contributed by atoms with E-state index in [0.29, 0.717) is 12.0 Å². The maximum atomic E-state index is 12.2. The summed E-state index contributed by atoms with van der Waals surface area (Å²) in [7, 11) is 1.73. The van der Waals surface area contributed by atoms with Gasteiger partial charge in [0.25, 0.3) is 5.56 Å². The number of aromatic nitrogens is 4. The fourth-order valence-corrected chi connectivity index (χ4v) is 4.06. The summed E-state index contributed by atoms with van der Waals surface area (Å²) in [6.07, 6.45) is 3.58. The van der Waals surface area contributed by atoms with Crippen LogP contribution in [0.3, 0.4) is 0 Å². The van der Waals surface area contributed by atoms with Gasteiger partial charge in [-0.25, -0.2) is 4.98 Å². The number of rotatable bonds is 3. The Morgan fingerprint density at radius 1 is 1.14 bits per heavy atom. The molecule has 1 saturated heterocycles. The number of anilines is 1. The summed E-state index contributed by atoms with van der Waals surface area (Å²) in [6, 6.07) is 5.95. The lowest BCUT2D eigenvalue weighted by Gasteiger charge is -2.36. The Bertz CT molecular complexity index is 1060. The number of hydrogen-bond acceptors (Lipinski definition) is 6. The molecule has 5 rings (SSSR count). The predicted octanol–water partition coefficient (Wildman–Crippen LogP) is 0.982. The fourth-order valence-electron chi connectivity index (χ4n) is 4.06. The van der Waals surface area contributed by atoms with Gasteiger partial charge in [0.05, 0.1) is 48.9 Å². The normalized spacial score (nSPS) is 17.8. The summed E-state index contributed by atoms with van der Waals surface area (Å²) in [5, 5.41) is 5.16. The number of benzene rings is 1. The lowest BCUT2D eigenvalue weighted by Crippen LogP contribution is -2.46. The van der Waals surface area contributed by atoms with Crippen molar-refractivity contribution in [1.82, 2.24) is 24.2 Å². The molecule has 0 N–H and O–H groups in total. The number of piperazine rings is 1. The van der Waals surface area contributed by atoms with Crippen LogP contribution in [0.5, 0.6) is 0 Å². The van der Waals surface area contributed by atoms with Crippen molar-refractivity contribution >= 4 is 16.6 Å². The van der Waals surface area contributed by atoms with E-state index < -0.39 is 0 Å². The van der Waals surface area contributed by atoms with Crippen molar-refractivity contribution in [2.75, 3.05) is 37.7 Å². The van der Waals surface area contributed by atoms with Crippen molar-refractivity contribution in [3.05, 3.63) is 52.3 Å². The van der Waals surface area contributed by atoms with Crippen molar-refractivity contribution in [3.8, 4) is 0 Å². The average Bonchev–Trinajstić information content (AvgIpc) is 3.14. The molecular weight excluding hydrogens is 356 g/mol. The van der Waals surface area contributed by atoms with E-state index in [0.717, 1.165) is 57.1 Å². The first-order chi connectivity index (χ1) is 13.7. The Kier molecular flexibility index (Phi) is 4.37. The molecule has 0 unspecified atom stereocenters. The number of fused-ring (bicyclic) bond motifs is 2. The molecule has 0 amide bonds. The number of hydrogen-bond donors (Lipinski definition) is 0. The molecule has 28 heavy (non-hydrogen) atoms. The predicted molar refractivity (Wildman–Crippen MR) is 106 cm³/mol. The van der Waals surface area contributed by atoms with Crippen LogP contribution in [0.4, 0.5) is 5.69 Å². The van der Waals surface area contributed by atoms with Crippen molar-refractivity contribution in [3.63, 3.8) is 0 Å². The van der Waals surface area contributed by atoms with Crippen LogP contribution in [0.1, 0.15) is 11.3 Å². The Labute approximate surface area is 162 Å². The second kappa shape index (κ2) is 7.03. The van der Waals surface area contributed by atoms with Crippen LogP contribution in [0.15, 0.2) is 35.5 Å². The smallest absolute Gasteiger partial charge is 0.260 e. The Balaban J connectivity index is 1.27. The number of ether oxygens (including phenoxy) is 1. The zero-order chi connectivity index (χ0) is 19.1. The van der Waals surface area contributed by atoms with E-state index in [4.69, 9.17) is 4.74 Å². The minimum Gasteiger partial charge on any atom is -0.373 e. The second-order valence-electron chi connectivity index (χ2n) is 7.52. The molecule has 8 nitrogen and oxygen atoms in total. The maximum absolute atomic E-state index is 12.2. The summed E-state index contributed by atoms with van der Waals surface area (Å²) in [5.41, 5.74) is 4.38. The third-order valence-corrected chi connectivity index (χ3v) is 5.75. The van der Waals surface area contributed by atoms with E-state index in [2.05, 4.69) is 24.6 Å². The molecule has 0 atom stereocenters. The van der Waals surface area contributed by atoms with Crippen molar-refractivity contribution in [2.45, 2.75) is 19.7 Å². The van der Waals surface area contributed by atoms with Gasteiger partial charge in [-0.1, -0.05) is 0 Å². The van der Waals surface area contributed by atoms with Gasteiger partial charge in [-0.3, -0.25) is 14.4 Å². The highest BCUT2D eigenvalue weighted by Crippen LogP contribution is 2.22. The van der Waals surface area contributed by atoms with E-state index in [1.165, 1.54) is 15.8 Å². The van der Waals surface area contributed by atoms with E-state index in [1.54, 1.807) is 13.4 Å². The van der Waals surface area contributed by atoms with Crippen LogP contribution in [-0.4, -0.2) is 57.0 Å². The summed E-state index contributed by atoms with van der Waals surface area (Å²) < 4.78 is 9.18. The lowest BCUT2D eigenvalue weighted by molar-refractivity contribution is 0.0786. The maximum Gasteiger partial charge on any atom is 0.260 e. The SMILES string of the molecule is Cn1cnc2cc(N3CCN(Cc4cnn5c4COCC5)CC3)ccc2c1=O. The second-order valence-corrected chi connectivity index (χ2v) is 7.52. The topological polar surface area (TPSA) is 68.4 Å². The highest BCUT2D eigenvalue weighted by molar-refractivity contribution is 5.81. The van der Waals surface area contributed by atoms with Gasteiger partial charge in [-0.2, -0.15) is 5.10 Å². The first kappa shape index (κ1) is 17.4. The van der Waals surface area contributed by atoms with Gasteiger partial charge in [0.1, 0.15) is 0 Å². The van der Waals surface area contributed by atoms with Crippen molar-refractivity contribution < 1.29 is 4.74 Å². The molecule has 0 bridgehead atoms. The summed E-state index contributed by atoms with van der Waals surface area (Å²) in [5.74, 6) is 0. The van der Waals surface area contributed by atoms with Crippen LogP contribution in [0.25, 0.3) is 10.9 Å². The van der Waals surface area contributed by atoms with Gasteiger partial charge in [0.2, 0.25) is 0 Å². The summed E-state index contributed by atoms with van der Waals surface area (Å²) >= 11 is 0. The van der Waals surface area contributed by atoms with Gasteiger partial charge < -0.3 is 14.2 Å². The molecule has 1 fully saturated rings. The van der Waals surface area contributed by atoms with Gasteiger partial charge in [-0.05, 0) is 18.2 Å². The van der Waals surface area contributed by atoms with Crippen LogP contribution in [0, 0.1) is 0 Å². The molecule has 1 aromatic carbocycles. The minimum absolute atomic E-state index is 0.00476. The summed E-state index contributed by atoms with van der Waals surface area (Å²) in [6.45, 7) is 7.08. The van der Waals surface area contributed by atoms with Gasteiger partial charge in [0.15, 0.2) is 0 Å². The van der Waals surface area contributed by atoms with Gasteiger partial charge >= 0.3 is 0 Å². The molecule has 8 heteroatoms. The highest BCUT2D eigenvalue weighted by Gasteiger charge is 2.21. The van der Waals surface area contributed by atoms with Gasteiger partial charge in [0, 0.05) is 51.0 Å². The molecule has 146 valence electrons. The number of nitrogens with zero attached hydrogens (tertiary/aromatic N) is 6. The lowest BCUT2D eigenvalue weighted by atomic mass is 10.1. The number of aryl methyl sites for hydroxylation is 1. The largest absolute Gasteiger partial charge is 0.373 e. The molecule has 0 saturated carbocycles. The zero-order valence-electron chi connectivity index (χ0n) is 16.0. The standard InChI is InChI=1S/C20H24N6O2/c1-23-14-21-18-10-16(2-3-17(18)20(23)27)25-6-4-24(5-7-25)12-15-11-22-26-8-9-28-13-19(15)26/h2-3,10-11,14H,4-9,12-13H2,1H3. The molecule has 2 aliphatic rings. The first-order valence-electron chi connectivity index (χ1n) is 9.73. The van der Waals surface area contributed by atoms with Crippen LogP contribution < -0.4 is 10.5 Å². The third-order valence-electron chi connectivity index (χ3n) is 5.75. The quantitative estimate of drug-likeness (QED) is 0.675. The van der Waals surface area contributed by atoms with Crippen molar-refractivity contribution in [1.29, 1.82) is 0 Å². The van der Waals surface area contributed by atoms with E-state index in [-0.39, 0.29) is 5.56 Å². The average molecular weight is 380 g/mol. The van der Waals surface area contributed by atoms with Crippen LogP contribution >= 0.6 is 0 Å². The Morgan fingerprint density at radius 2 is 2.00 bits per heavy atom. The molecular formula is C20H24N6O2. The van der Waals surface area contributed by atoms with E-state index in [9.17, 15) is 4.79 Å². The monoisotopic (exact) mass is 380 g/mol. The van der Waals surface area contributed by atoms with Gasteiger partial charge in [-0.15, -0.1) is 0 Å². The first-order valence-corrected chi connectivity index (χ1v) is 9.73. The Hall–Kier alpha value is -2.71. The molecule has 0 radical (unpaired) electrons. The molecule has 3 aromatic rings. The minimum atomic E-state index is -0.00476. The molecule has 4 heterocycles. The van der Waals surface area contributed by atoms with E-state index >= 15 is 0 Å². The Morgan fingerprint density at radius 3 is 2.86 bits per heavy atom. The van der Waals surface area contributed by atoms with Crippen LogP contribution in [0.2, 0.25) is 0 Å². The van der Waals surface area contributed by atoms with Crippen LogP contribution in [-0.2, 0) is 31.5 Å². The van der Waals surface area contributed by atoms with Crippen molar-refractivity contribution in [2.24, 2.45) is 7.05 Å². The summed E-state index contributed by atoms with van der Waals surface area (Å²) in [4.78, 5) is 21.4. The zero-order valence-corrected chi connectivity index (χ0v) is 16.0. The third kappa shape index (κ3) is 3.08. The molecule has 2 aromatic heterocycles. The van der Waals surface area contributed by atoms with E-state index in [1.807, 2.05) is 24.4 Å².